The van der Waals surface area contributed by atoms with Crippen LogP contribution in [-0.2, 0) is 0 Å². The van der Waals surface area contributed by atoms with Gasteiger partial charge in [-0.25, -0.2) is 13.8 Å². The number of benzene rings is 1. The van der Waals surface area contributed by atoms with Gasteiger partial charge in [0.25, 0.3) is 0 Å². The van der Waals surface area contributed by atoms with Gasteiger partial charge in [0.1, 0.15) is 11.5 Å². The molecule has 2 N–H and O–H groups in total. The molecule has 1 aromatic carbocycles. The molecule has 0 radical (unpaired) electrons. The van der Waals surface area contributed by atoms with E-state index in [1.807, 2.05) is 23.1 Å². The predicted molar refractivity (Wildman–Crippen MR) is 121 cm³/mol. The number of ether oxygens (including phenoxy) is 1. The highest BCUT2D eigenvalue weighted by Crippen LogP contribution is 2.38. The monoisotopic (exact) mass is 453 g/mol. The number of nitrogens with zero attached hydrogens (tertiary/aromatic N) is 4. The lowest BCUT2D eigenvalue weighted by molar-refractivity contribution is 0.146. The Morgan fingerprint density at radius 1 is 1.12 bits per heavy atom. The van der Waals surface area contributed by atoms with E-state index in [-0.39, 0.29) is 12.4 Å². The first kappa shape index (κ1) is 21.5. The van der Waals surface area contributed by atoms with Crippen molar-refractivity contribution in [1.82, 2.24) is 24.6 Å². The average Bonchev–Trinajstić information content (AvgIpc) is 3.46. The van der Waals surface area contributed by atoms with Crippen LogP contribution in [0, 0.1) is 11.6 Å². The first-order chi connectivity index (χ1) is 16.1. The Hall–Kier alpha value is -3.30. The molecule has 33 heavy (non-hydrogen) atoms. The number of halogens is 2. The van der Waals surface area contributed by atoms with E-state index in [1.54, 1.807) is 12.4 Å². The number of fused-ring (bicyclic) bond motifs is 1. The summed E-state index contributed by atoms with van der Waals surface area (Å²) in [6.07, 6.45) is 9.23. The SMILES string of the molecule is COc1c(F)cc(F)cc1-c1c[nH]c2ncc(-c3cnn(C4CCN(CCO)CC4)c3)cc12. The zero-order valence-electron chi connectivity index (χ0n) is 18.3. The number of H-pyrrole nitrogens is 1. The van der Waals surface area contributed by atoms with Crippen molar-refractivity contribution >= 4 is 11.0 Å². The number of aromatic nitrogens is 4. The minimum atomic E-state index is -0.753. The Morgan fingerprint density at radius 3 is 2.70 bits per heavy atom. The molecular formula is C24H25F2N5O2. The molecule has 0 bridgehead atoms. The van der Waals surface area contributed by atoms with E-state index in [0.717, 1.165) is 48.5 Å². The standard InChI is InChI=1S/C24H25F2N5O2/c1-33-23-19(9-17(25)10-22(23)26)21-13-28-24-20(21)8-15(11-27-24)16-12-29-31(14-16)18-2-4-30(5-3-18)6-7-32/h8-14,18,32H,2-7H2,1H3,(H,27,28). The summed E-state index contributed by atoms with van der Waals surface area (Å²) in [5.74, 6) is -1.44. The number of aliphatic hydroxyl groups is 1. The molecule has 0 saturated carbocycles. The van der Waals surface area contributed by atoms with Crippen molar-refractivity contribution in [2.75, 3.05) is 33.4 Å². The van der Waals surface area contributed by atoms with Crippen LogP contribution >= 0.6 is 0 Å². The number of aromatic amines is 1. The molecule has 3 aromatic heterocycles. The van der Waals surface area contributed by atoms with Gasteiger partial charge in [-0.1, -0.05) is 0 Å². The van der Waals surface area contributed by atoms with E-state index in [1.165, 1.54) is 13.2 Å². The van der Waals surface area contributed by atoms with Gasteiger partial charge in [0.2, 0.25) is 0 Å². The Balaban J connectivity index is 1.46. The van der Waals surface area contributed by atoms with E-state index >= 15 is 0 Å². The molecule has 0 amide bonds. The summed E-state index contributed by atoms with van der Waals surface area (Å²) in [5, 5.41) is 14.4. The van der Waals surface area contributed by atoms with Crippen molar-refractivity contribution in [3.63, 3.8) is 0 Å². The Morgan fingerprint density at radius 2 is 1.94 bits per heavy atom. The molecule has 7 nitrogen and oxygen atoms in total. The minimum Gasteiger partial charge on any atom is -0.493 e. The third-order valence-corrected chi connectivity index (χ3v) is 6.32. The Kier molecular flexibility index (Phi) is 5.82. The first-order valence-electron chi connectivity index (χ1n) is 11.0. The number of aliphatic hydroxyl groups excluding tert-OH is 1. The first-order valence-corrected chi connectivity index (χ1v) is 11.0. The number of piperidine rings is 1. The van der Waals surface area contributed by atoms with Gasteiger partial charge in [0.15, 0.2) is 11.6 Å². The molecule has 172 valence electrons. The molecule has 1 fully saturated rings. The van der Waals surface area contributed by atoms with Gasteiger partial charge < -0.3 is 19.7 Å². The van der Waals surface area contributed by atoms with Crippen molar-refractivity contribution in [1.29, 1.82) is 0 Å². The van der Waals surface area contributed by atoms with Crippen LogP contribution in [0.25, 0.3) is 33.3 Å². The zero-order valence-corrected chi connectivity index (χ0v) is 18.3. The fraction of sp³-hybridized carbons (Fsp3) is 0.333. The zero-order chi connectivity index (χ0) is 22.9. The number of rotatable bonds is 6. The number of hydrogen-bond acceptors (Lipinski definition) is 5. The molecule has 0 unspecified atom stereocenters. The molecule has 4 heterocycles. The molecule has 9 heteroatoms. The van der Waals surface area contributed by atoms with Crippen LogP contribution in [0.5, 0.6) is 5.75 Å². The molecule has 5 rings (SSSR count). The van der Waals surface area contributed by atoms with Crippen LogP contribution in [-0.4, -0.2) is 63.1 Å². The van der Waals surface area contributed by atoms with Crippen molar-refractivity contribution in [2.24, 2.45) is 0 Å². The molecule has 1 saturated heterocycles. The second-order valence-corrected chi connectivity index (χ2v) is 8.30. The average molecular weight is 453 g/mol. The van der Waals surface area contributed by atoms with Crippen molar-refractivity contribution in [3.8, 4) is 28.0 Å². The lowest BCUT2D eigenvalue weighted by Crippen LogP contribution is -2.36. The van der Waals surface area contributed by atoms with Crippen molar-refractivity contribution in [2.45, 2.75) is 18.9 Å². The maximum Gasteiger partial charge on any atom is 0.168 e. The quantitative estimate of drug-likeness (QED) is 0.461. The normalized spacial score (nSPS) is 15.4. The second-order valence-electron chi connectivity index (χ2n) is 8.30. The molecule has 0 spiro atoms. The summed E-state index contributed by atoms with van der Waals surface area (Å²) < 4.78 is 35.5. The molecular weight excluding hydrogens is 428 g/mol. The number of β-amino-alcohol motifs (C(OH)–C–C–N with tert-alkyl or cyclic N) is 1. The van der Waals surface area contributed by atoms with E-state index < -0.39 is 11.6 Å². The topological polar surface area (TPSA) is 79.2 Å². The smallest absolute Gasteiger partial charge is 0.168 e. The molecule has 0 aliphatic carbocycles. The van der Waals surface area contributed by atoms with E-state index in [4.69, 9.17) is 9.84 Å². The van der Waals surface area contributed by atoms with Gasteiger partial charge in [-0.3, -0.25) is 4.68 Å². The fourth-order valence-corrected chi connectivity index (χ4v) is 4.59. The predicted octanol–water partition coefficient (Wildman–Crippen LogP) is 4.01. The highest BCUT2D eigenvalue weighted by Gasteiger charge is 2.22. The molecule has 1 aliphatic heterocycles. The lowest BCUT2D eigenvalue weighted by atomic mass is 10.0. The highest BCUT2D eigenvalue weighted by molar-refractivity contribution is 5.97. The summed E-state index contributed by atoms with van der Waals surface area (Å²) in [4.78, 5) is 9.84. The summed E-state index contributed by atoms with van der Waals surface area (Å²) in [6.45, 7) is 2.77. The third-order valence-electron chi connectivity index (χ3n) is 6.32. The van der Waals surface area contributed by atoms with Crippen molar-refractivity contribution < 1.29 is 18.6 Å². The number of likely N-dealkylation sites (tertiary alicyclic amines) is 1. The summed E-state index contributed by atoms with van der Waals surface area (Å²) in [7, 11) is 1.36. The highest BCUT2D eigenvalue weighted by atomic mass is 19.1. The maximum absolute atomic E-state index is 14.3. The molecule has 0 atom stereocenters. The summed E-state index contributed by atoms with van der Waals surface area (Å²) in [5.41, 5.74) is 3.34. The maximum atomic E-state index is 14.3. The van der Waals surface area contributed by atoms with Crippen LogP contribution in [0.2, 0.25) is 0 Å². The van der Waals surface area contributed by atoms with Gasteiger partial charge in [0, 0.05) is 71.9 Å². The van der Waals surface area contributed by atoms with Crippen molar-refractivity contribution in [3.05, 3.63) is 54.6 Å². The summed E-state index contributed by atoms with van der Waals surface area (Å²) in [6, 6.07) is 4.33. The van der Waals surface area contributed by atoms with Gasteiger partial charge in [-0.15, -0.1) is 0 Å². The molecule has 1 aliphatic rings. The van der Waals surface area contributed by atoms with Crippen LogP contribution in [0.4, 0.5) is 8.78 Å². The van der Waals surface area contributed by atoms with Crippen LogP contribution in [0.1, 0.15) is 18.9 Å². The van der Waals surface area contributed by atoms with Crippen LogP contribution in [0.3, 0.4) is 0 Å². The number of pyridine rings is 1. The van der Waals surface area contributed by atoms with E-state index in [2.05, 4.69) is 20.0 Å². The van der Waals surface area contributed by atoms with Gasteiger partial charge in [-0.05, 0) is 25.0 Å². The Bertz CT molecular complexity index is 1280. The van der Waals surface area contributed by atoms with Gasteiger partial charge in [-0.2, -0.15) is 5.10 Å². The van der Waals surface area contributed by atoms with Crippen LogP contribution in [0.15, 0.2) is 43.0 Å². The minimum absolute atomic E-state index is 0.0111. The Labute approximate surface area is 189 Å². The number of nitrogens with one attached hydrogen (secondary N) is 1. The largest absolute Gasteiger partial charge is 0.493 e. The van der Waals surface area contributed by atoms with Crippen LogP contribution < -0.4 is 4.74 Å². The van der Waals surface area contributed by atoms with E-state index in [9.17, 15) is 8.78 Å². The third kappa shape index (κ3) is 4.09. The second kappa shape index (κ2) is 8.92. The fourth-order valence-electron chi connectivity index (χ4n) is 4.59. The van der Waals surface area contributed by atoms with Gasteiger partial charge >= 0.3 is 0 Å². The number of hydrogen-bond donors (Lipinski definition) is 2. The lowest BCUT2D eigenvalue weighted by Gasteiger charge is -2.31. The molecule has 4 aromatic rings. The summed E-state index contributed by atoms with van der Waals surface area (Å²) >= 11 is 0. The number of methoxy groups -OCH3 is 1. The van der Waals surface area contributed by atoms with Gasteiger partial charge in [0.05, 0.1) is 26.0 Å². The van der Waals surface area contributed by atoms with E-state index in [0.29, 0.717) is 29.4 Å².